The smallest absolute Gasteiger partial charge is 0.407 e. The number of rotatable bonds is 7. The molecule has 0 aromatic rings. The topological polar surface area (TPSA) is 70.7 Å². The maximum Gasteiger partial charge on any atom is 0.407 e. The van der Waals surface area contributed by atoms with Crippen molar-refractivity contribution in [2.24, 2.45) is 5.92 Å². The Kier molecular flexibility index (Phi) is 8.11. The van der Waals surface area contributed by atoms with E-state index in [1.165, 1.54) is 7.11 Å². The molecule has 106 valence electrons. The summed E-state index contributed by atoms with van der Waals surface area (Å²) in [6.45, 7) is 7.67. The van der Waals surface area contributed by atoms with Gasteiger partial charge in [-0.25, -0.2) is 4.79 Å². The zero-order valence-corrected chi connectivity index (χ0v) is 11.9. The lowest BCUT2D eigenvalue weighted by Gasteiger charge is -2.28. The second kappa shape index (κ2) is 8.74. The van der Waals surface area contributed by atoms with Crippen molar-refractivity contribution in [3.8, 4) is 0 Å². The summed E-state index contributed by atoms with van der Waals surface area (Å²) < 4.78 is 4.54. The summed E-state index contributed by atoms with van der Waals surface area (Å²) in [5.74, 6) is -0.0617. The number of likely N-dealkylation sites (N-methyl/N-ethyl adjacent to an activating group) is 2. The van der Waals surface area contributed by atoms with Crippen molar-refractivity contribution in [3.63, 3.8) is 0 Å². The van der Waals surface area contributed by atoms with E-state index in [1.54, 1.807) is 4.90 Å². The van der Waals surface area contributed by atoms with E-state index in [2.05, 4.69) is 15.4 Å². The van der Waals surface area contributed by atoms with E-state index >= 15 is 0 Å². The number of hydrogen-bond acceptors (Lipinski definition) is 4. The lowest BCUT2D eigenvalue weighted by Crippen LogP contribution is -2.52. The Balaban J connectivity index is 4.66. The van der Waals surface area contributed by atoms with Crippen LogP contribution in [0, 0.1) is 5.92 Å². The molecule has 0 heterocycles. The Hall–Kier alpha value is -1.30. The Morgan fingerprint density at radius 2 is 1.94 bits per heavy atom. The minimum atomic E-state index is -0.577. The molecule has 2 N–H and O–H groups in total. The molecule has 0 rings (SSSR count). The van der Waals surface area contributed by atoms with Crippen molar-refractivity contribution in [1.29, 1.82) is 0 Å². The number of amides is 2. The molecule has 6 heteroatoms. The number of ether oxygens (including phenoxy) is 1. The number of carbonyl (C=O) groups is 2. The molecule has 0 spiro atoms. The van der Waals surface area contributed by atoms with Crippen LogP contribution in [0.5, 0.6) is 0 Å². The third-order valence-electron chi connectivity index (χ3n) is 2.72. The van der Waals surface area contributed by atoms with Crippen LogP contribution in [-0.2, 0) is 9.53 Å². The third-order valence-corrected chi connectivity index (χ3v) is 2.72. The predicted octanol–water partition coefficient (Wildman–Crippen LogP) is 0.435. The summed E-state index contributed by atoms with van der Waals surface area (Å²) in [6.07, 6.45) is -0.577. The summed E-state index contributed by atoms with van der Waals surface area (Å²) in [4.78, 5) is 25.3. The van der Waals surface area contributed by atoms with Crippen LogP contribution in [0.1, 0.15) is 20.8 Å². The van der Waals surface area contributed by atoms with Gasteiger partial charge in [0.25, 0.3) is 0 Å². The van der Waals surface area contributed by atoms with Crippen LogP contribution >= 0.6 is 0 Å². The predicted molar refractivity (Wildman–Crippen MR) is 70.3 cm³/mol. The van der Waals surface area contributed by atoms with E-state index < -0.39 is 12.1 Å². The molecule has 0 aromatic heterocycles. The molecule has 0 aliphatic carbocycles. The highest BCUT2D eigenvalue weighted by Crippen LogP contribution is 2.06. The van der Waals surface area contributed by atoms with E-state index in [9.17, 15) is 9.59 Å². The molecule has 0 aliphatic heterocycles. The zero-order valence-electron chi connectivity index (χ0n) is 11.9. The van der Waals surface area contributed by atoms with Crippen LogP contribution in [0.25, 0.3) is 0 Å². The van der Waals surface area contributed by atoms with E-state index in [1.807, 2.05) is 27.8 Å². The van der Waals surface area contributed by atoms with Crippen molar-refractivity contribution in [1.82, 2.24) is 15.5 Å². The quantitative estimate of drug-likeness (QED) is 0.696. The van der Waals surface area contributed by atoms with Gasteiger partial charge in [0.05, 0.1) is 7.11 Å². The first-order valence-corrected chi connectivity index (χ1v) is 6.25. The summed E-state index contributed by atoms with van der Waals surface area (Å²) >= 11 is 0. The van der Waals surface area contributed by atoms with Crippen LogP contribution in [0.2, 0.25) is 0 Å². The molecule has 1 atom stereocenters. The average Bonchev–Trinajstić information content (AvgIpc) is 2.35. The molecular formula is C12H25N3O3. The maximum absolute atomic E-state index is 12.3. The standard InChI is InChI=1S/C12H25N3O3/c1-6-15(8-7-13-4)11(16)10(9(2)3)14-12(17)18-5/h9-10,13H,6-8H2,1-5H3,(H,14,17). The van der Waals surface area contributed by atoms with Gasteiger partial charge in [-0.15, -0.1) is 0 Å². The Bertz CT molecular complexity index is 269. The molecule has 0 aromatic carbocycles. The first-order valence-electron chi connectivity index (χ1n) is 6.25. The maximum atomic E-state index is 12.3. The van der Waals surface area contributed by atoms with Gasteiger partial charge in [0.15, 0.2) is 0 Å². The van der Waals surface area contributed by atoms with Crippen molar-refractivity contribution in [2.45, 2.75) is 26.8 Å². The highest BCUT2D eigenvalue weighted by Gasteiger charge is 2.27. The monoisotopic (exact) mass is 259 g/mol. The van der Waals surface area contributed by atoms with Gasteiger partial charge in [-0.3, -0.25) is 4.79 Å². The number of alkyl carbamates (subject to hydrolysis) is 1. The van der Waals surface area contributed by atoms with Crippen molar-refractivity contribution < 1.29 is 14.3 Å². The summed E-state index contributed by atoms with van der Waals surface area (Å²) in [7, 11) is 3.13. The molecule has 0 aliphatic rings. The third kappa shape index (κ3) is 5.35. The molecule has 2 amide bonds. The number of hydrogen-bond donors (Lipinski definition) is 2. The van der Waals surface area contributed by atoms with Gasteiger partial charge in [0.2, 0.25) is 5.91 Å². The highest BCUT2D eigenvalue weighted by molar-refractivity contribution is 5.85. The summed E-state index contributed by atoms with van der Waals surface area (Å²) in [6, 6.07) is -0.547. The number of methoxy groups -OCH3 is 1. The van der Waals surface area contributed by atoms with E-state index in [4.69, 9.17) is 0 Å². The first-order chi connectivity index (χ1) is 8.47. The molecule has 0 bridgehead atoms. The summed E-state index contributed by atoms with van der Waals surface area (Å²) in [5, 5.41) is 5.59. The van der Waals surface area contributed by atoms with Gasteiger partial charge >= 0.3 is 6.09 Å². The molecule has 18 heavy (non-hydrogen) atoms. The van der Waals surface area contributed by atoms with Gasteiger partial charge in [-0.1, -0.05) is 13.8 Å². The first kappa shape index (κ1) is 16.7. The fourth-order valence-corrected chi connectivity index (χ4v) is 1.57. The van der Waals surface area contributed by atoms with Gasteiger partial charge in [0.1, 0.15) is 6.04 Å². The van der Waals surface area contributed by atoms with Gasteiger partial charge in [0, 0.05) is 19.6 Å². The number of nitrogens with one attached hydrogen (secondary N) is 2. The Labute approximate surface area is 109 Å². The molecule has 0 saturated carbocycles. The molecule has 0 saturated heterocycles. The minimum absolute atomic E-state index is 0.0141. The zero-order chi connectivity index (χ0) is 14.1. The summed E-state index contributed by atoms with van der Waals surface area (Å²) in [5.41, 5.74) is 0. The van der Waals surface area contributed by atoms with Crippen LogP contribution in [0.3, 0.4) is 0 Å². The molecule has 0 fully saturated rings. The fourth-order valence-electron chi connectivity index (χ4n) is 1.57. The largest absolute Gasteiger partial charge is 0.453 e. The lowest BCUT2D eigenvalue weighted by molar-refractivity contribution is -0.134. The second-order valence-electron chi connectivity index (χ2n) is 4.38. The molecule has 0 radical (unpaired) electrons. The molecular weight excluding hydrogens is 234 g/mol. The minimum Gasteiger partial charge on any atom is -0.453 e. The van der Waals surface area contributed by atoms with Crippen LogP contribution in [0.15, 0.2) is 0 Å². The highest BCUT2D eigenvalue weighted by atomic mass is 16.5. The van der Waals surface area contributed by atoms with Crippen molar-refractivity contribution in [3.05, 3.63) is 0 Å². The SMILES string of the molecule is CCN(CCNC)C(=O)C(NC(=O)OC)C(C)C. The van der Waals surface area contributed by atoms with E-state index in [-0.39, 0.29) is 11.8 Å². The lowest BCUT2D eigenvalue weighted by atomic mass is 10.0. The molecule has 1 unspecified atom stereocenters. The number of carbonyl (C=O) groups excluding carboxylic acids is 2. The Morgan fingerprint density at radius 1 is 1.33 bits per heavy atom. The van der Waals surface area contributed by atoms with Crippen LogP contribution < -0.4 is 10.6 Å². The van der Waals surface area contributed by atoms with Crippen LogP contribution in [0.4, 0.5) is 4.79 Å². The van der Waals surface area contributed by atoms with Crippen molar-refractivity contribution >= 4 is 12.0 Å². The van der Waals surface area contributed by atoms with Crippen molar-refractivity contribution in [2.75, 3.05) is 33.8 Å². The number of nitrogens with zero attached hydrogens (tertiary/aromatic N) is 1. The van der Waals surface area contributed by atoms with Gasteiger partial charge < -0.3 is 20.3 Å². The second-order valence-corrected chi connectivity index (χ2v) is 4.38. The fraction of sp³-hybridized carbons (Fsp3) is 0.833. The molecule has 6 nitrogen and oxygen atoms in total. The normalized spacial score (nSPS) is 12.1. The van der Waals surface area contributed by atoms with Gasteiger partial charge in [-0.05, 0) is 19.9 Å². The van der Waals surface area contributed by atoms with E-state index in [0.717, 1.165) is 6.54 Å². The average molecular weight is 259 g/mol. The van der Waals surface area contributed by atoms with E-state index in [0.29, 0.717) is 13.1 Å². The van der Waals surface area contributed by atoms with Crippen LogP contribution in [-0.4, -0.2) is 56.7 Å². The Morgan fingerprint density at radius 3 is 2.33 bits per heavy atom. The van der Waals surface area contributed by atoms with Gasteiger partial charge in [-0.2, -0.15) is 0 Å².